The molecule has 126 valence electrons. The Morgan fingerprint density at radius 3 is 2.57 bits per heavy atom. The summed E-state index contributed by atoms with van der Waals surface area (Å²) in [7, 11) is 0. The number of hydrogen-bond donors (Lipinski definition) is 0. The third kappa shape index (κ3) is 3.20. The molecular weight excluding hydrogens is 311 g/mol. The third-order valence-electron chi connectivity index (χ3n) is 5.05. The van der Waals surface area contributed by atoms with E-state index in [1.807, 2.05) is 0 Å². The van der Waals surface area contributed by atoms with Gasteiger partial charge in [-0.1, -0.05) is 25.0 Å². The van der Waals surface area contributed by atoms with Crippen LogP contribution in [-0.2, 0) is 10.3 Å². The molecule has 0 bridgehead atoms. The van der Waals surface area contributed by atoms with Gasteiger partial charge in [0, 0.05) is 12.1 Å². The smallest absolute Gasteiger partial charge is 0.369 e. The van der Waals surface area contributed by atoms with Gasteiger partial charge >= 0.3 is 6.18 Å². The number of alkyl halides is 3. The highest BCUT2D eigenvalue weighted by Gasteiger charge is 2.55. The zero-order valence-corrected chi connectivity index (χ0v) is 12.6. The quantitative estimate of drug-likeness (QED) is 0.595. The fourth-order valence-electron chi connectivity index (χ4n) is 4.07. The van der Waals surface area contributed by atoms with E-state index in [9.17, 15) is 23.3 Å². The van der Waals surface area contributed by atoms with Gasteiger partial charge in [-0.15, -0.1) is 0 Å². The first-order chi connectivity index (χ1) is 10.7. The molecule has 0 aromatic heterocycles. The van der Waals surface area contributed by atoms with Gasteiger partial charge in [0.25, 0.3) is 5.69 Å². The van der Waals surface area contributed by atoms with Crippen molar-refractivity contribution < 1.29 is 22.8 Å². The summed E-state index contributed by atoms with van der Waals surface area (Å²) in [4.78, 5) is 10.4. The predicted molar refractivity (Wildman–Crippen MR) is 76.9 cm³/mol. The molecule has 1 aromatic rings. The van der Waals surface area contributed by atoms with E-state index in [-0.39, 0.29) is 23.1 Å². The summed E-state index contributed by atoms with van der Waals surface area (Å²) >= 11 is 0. The minimum absolute atomic E-state index is 0.208. The van der Waals surface area contributed by atoms with Crippen LogP contribution in [-0.4, -0.2) is 17.7 Å². The Morgan fingerprint density at radius 1 is 1.26 bits per heavy atom. The van der Waals surface area contributed by atoms with E-state index < -0.39 is 23.1 Å². The van der Waals surface area contributed by atoms with Gasteiger partial charge in [-0.3, -0.25) is 10.1 Å². The molecule has 1 aromatic carbocycles. The summed E-state index contributed by atoms with van der Waals surface area (Å²) in [6.07, 6.45) is -1.50. The van der Waals surface area contributed by atoms with Gasteiger partial charge in [0.1, 0.15) is 5.60 Å². The number of nitro benzene ring substituents is 1. The van der Waals surface area contributed by atoms with E-state index >= 15 is 0 Å². The molecule has 1 atom stereocenters. The fourth-order valence-corrected chi connectivity index (χ4v) is 4.07. The second kappa shape index (κ2) is 5.47. The molecule has 0 radical (unpaired) electrons. The summed E-state index contributed by atoms with van der Waals surface area (Å²) in [5, 5.41) is 10.9. The Balaban J connectivity index is 1.99. The molecule has 1 heterocycles. The van der Waals surface area contributed by atoms with Crippen molar-refractivity contribution in [2.45, 2.75) is 50.3 Å². The van der Waals surface area contributed by atoms with E-state index in [1.54, 1.807) is 0 Å². The van der Waals surface area contributed by atoms with Crippen molar-refractivity contribution in [2.75, 3.05) is 6.61 Å². The zero-order chi connectivity index (χ0) is 16.7. The van der Waals surface area contributed by atoms with E-state index in [0.717, 1.165) is 25.7 Å². The summed E-state index contributed by atoms with van der Waals surface area (Å²) in [5.74, 6) is 0. The van der Waals surface area contributed by atoms with Crippen LogP contribution in [0, 0.1) is 15.5 Å². The molecule has 2 aliphatic rings. The molecule has 2 fully saturated rings. The molecule has 1 spiro atoms. The SMILES string of the molecule is O=[N+]([O-])c1cccc([C@]2(CC(F)(F)F)CC3(CCCC3)CO2)c1. The number of halogens is 3. The van der Waals surface area contributed by atoms with Crippen LogP contribution in [0.2, 0.25) is 0 Å². The predicted octanol–water partition coefficient (Wildman–Crippen LogP) is 4.72. The summed E-state index contributed by atoms with van der Waals surface area (Å²) in [6.45, 7) is 0.297. The molecule has 1 saturated carbocycles. The van der Waals surface area contributed by atoms with Crippen molar-refractivity contribution in [2.24, 2.45) is 5.41 Å². The zero-order valence-electron chi connectivity index (χ0n) is 12.6. The Kier molecular flexibility index (Phi) is 3.86. The fraction of sp³-hybridized carbons (Fsp3) is 0.625. The van der Waals surface area contributed by atoms with Gasteiger partial charge < -0.3 is 4.74 Å². The lowest BCUT2D eigenvalue weighted by molar-refractivity contribution is -0.385. The van der Waals surface area contributed by atoms with Gasteiger partial charge in [-0.2, -0.15) is 13.2 Å². The molecule has 1 saturated heterocycles. The molecule has 1 aliphatic carbocycles. The van der Waals surface area contributed by atoms with E-state index in [1.165, 1.54) is 24.3 Å². The number of benzene rings is 1. The number of nitrogens with zero attached hydrogens (tertiary/aromatic N) is 1. The van der Waals surface area contributed by atoms with Crippen molar-refractivity contribution in [3.05, 3.63) is 39.9 Å². The third-order valence-corrected chi connectivity index (χ3v) is 5.05. The van der Waals surface area contributed by atoms with Crippen LogP contribution in [0.1, 0.15) is 44.1 Å². The number of nitro groups is 1. The summed E-state index contributed by atoms with van der Waals surface area (Å²) in [6, 6.07) is 5.44. The van der Waals surface area contributed by atoms with Crippen LogP contribution in [0.15, 0.2) is 24.3 Å². The number of non-ortho nitro benzene ring substituents is 1. The van der Waals surface area contributed by atoms with E-state index in [4.69, 9.17) is 4.74 Å². The minimum atomic E-state index is -4.39. The highest BCUT2D eigenvalue weighted by Crippen LogP contribution is 2.57. The van der Waals surface area contributed by atoms with Crippen molar-refractivity contribution in [3.8, 4) is 0 Å². The molecule has 0 unspecified atom stereocenters. The lowest BCUT2D eigenvalue weighted by Crippen LogP contribution is -2.32. The van der Waals surface area contributed by atoms with Crippen molar-refractivity contribution in [1.29, 1.82) is 0 Å². The van der Waals surface area contributed by atoms with Gasteiger partial charge in [0.2, 0.25) is 0 Å². The van der Waals surface area contributed by atoms with Gasteiger partial charge in [0.05, 0.1) is 18.0 Å². The summed E-state index contributed by atoms with van der Waals surface area (Å²) in [5.41, 5.74) is -1.67. The van der Waals surface area contributed by atoms with E-state index in [0.29, 0.717) is 6.61 Å². The highest BCUT2D eigenvalue weighted by atomic mass is 19.4. The number of rotatable bonds is 3. The van der Waals surface area contributed by atoms with Crippen LogP contribution < -0.4 is 0 Å². The molecule has 4 nitrogen and oxygen atoms in total. The average Bonchev–Trinajstić information content (AvgIpc) is 3.06. The highest BCUT2D eigenvalue weighted by molar-refractivity contribution is 5.38. The van der Waals surface area contributed by atoms with Crippen molar-refractivity contribution in [1.82, 2.24) is 0 Å². The number of hydrogen-bond acceptors (Lipinski definition) is 3. The van der Waals surface area contributed by atoms with E-state index in [2.05, 4.69) is 0 Å². The first-order valence-electron chi connectivity index (χ1n) is 7.69. The monoisotopic (exact) mass is 329 g/mol. The molecule has 7 heteroatoms. The summed E-state index contributed by atoms with van der Waals surface area (Å²) < 4.78 is 45.2. The Hall–Kier alpha value is -1.63. The first-order valence-corrected chi connectivity index (χ1v) is 7.69. The van der Waals surface area contributed by atoms with Gasteiger partial charge in [-0.25, -0.2) is 0 Å². The molecule has 1 aliphatic heterocycles. The second-order valence-corrected chi connectivity index (χ2v) is 6.77. The molecule has 3 rings (SSSR count). The minimum Gasteiger partial charge on any atom is -0.369 e. The average molecular weight is 329 g/mol. The van der Waals surface area contributed by atoms with Gasteiger partial charge in [-0.05, 0) is 30.2 Å². The molecular formula is C16H18F3NO3. The van der Waals surface area contributed by atoms with Gasteiger partial charge in [0.15, 0.2) is 0 Å². The normalized spacial score (nSPS) is 26.7. The molecule has 0 amide bonds. The lowest BCUT2D eigenvalue weighted by atomic mass is 9.75. The molecule has 0 N–H and O–H groups in total. The molecule has 23 heavy (non-hydrogen) atoms. The van der Waals surface area contributed by atoms with Crippen molar-refractivity contribution in [3.63, 3.8) is 0 Å². The lowest BCUT2D eigenvalue weighted by Gasteiger charge is -2.31. The first kappa shape index (κ1) is 16.2. The van der Waals surface area contributed by atoms with Crippen LogP contribution in [0.25, 0.3) is 0 Å². The van der Waals surface area contributed by atoms with Crippen LogP contribution >= 0.6 is 0 Å². The standard InChI is InChI=1S/C16H18F3NO3/c17-16(18,19)10-15(9-14(11-23-15)6-1-2-7-14)12-4-3-5-13(8-12)20(21)22/h3-5,8H,1-2,6-7,9-11H2/t15-/m1/s1. The van der Waals surface area contributed by atoms with Crippen LogP contribution in [0.3, 0.4) is 0 Å². The number of ether oxygens (including phenoxy) is 1. The second-order valence-electron chi connectivity index (χ2n) is 6.77. The Bertz CT molecular complexity index is 611. The topological polar surface area (TPSA) is 52.4 Å². The Labute approximate surface area is 131 Å². The van der Waals surface area contributed by atoms with Crippen molar-refractivity contribution >= 4 is 5.69 Å². The largest absolute Gasteiger partial charge is 0.392 e. The van der Waals surface area contributed by atoms with Crippen LogP contribution in [0.4, 0.5) is 18.9 Å². The maximum atomic E-state index is 13.2. The maximum Gasteiger partial charge on any atom is 0.392 e. The maximum absolute atomic E-state index is 13.2. The Morgan fingerprint density at radius 2 is 1.96 bits per heavy atom. The van der Waals surface area contributed by atoms with Crippen LogP contribution in [0.5, 0.6) is 0 Å².